The zero-order valence-corrected chi connectivity index (χ0v) is 7.46. The van der Waals surface area contributed by atoms with Gasteiger partial charge in [0, 0.05) is 0 Å². The first kappa shape index (κ1) is 11.1. The molecule has 0 aliphatic rings. The van der Waals surface area contributed by atoms with Gasteiger partial charge >= 0.3 is 5.97 Å². The lowest BCUT2D eigenvalue weighted by molar-refractivity contribution is -0.139. The third-order valence-electron chi connectivity index (χ3n) is 0.911. The molecule has 6 heteroatoms. The summed E-state index contributed by atoms with van der Waals surface area (Å²) < 4.78 is 29.7. The highest BCUT2D eigenvalue weighted by Gasteiger charge is 2.15. The number of rotatable bonds is 5. The highest BCUT2D eigenvalue weighted by atomic mass is 32.2. The molecule has 0 heterocycles. The first-order valence-corrected chi connectivity index (χ1v) is 4.64. The van der Waals surface area contributed by atoms with Crippen molar-refractivity contribution >= 4 is 16.1 Å². The summed E-state index contributed by atoms with van der Waals surface area (Å²) >= 11 is 0. The van der Waals surface area contributed by atoms with E-state index in [2.05, 4.69) is 15.5 Å². The van der Waals surface area contributed by atoms with Crippen LogP contribution in [0.2, 0.25) is 0 Å². The highest BCUT2D eigenvalue weighted by Crippen LogP contribution is 1.91. The molecule has 0 unspecified atom stereocenters. The molecule has 0 spiro atoms. The van der Waals surface area contributed by atoms with Crippen molar-refractivity contribution in [3.05, 3.63) is 12.7 Å². The zero-order chi connectivity index (χ0) is 9.61. The molecule has 0 bridgehead atoms. The summed E-state index contributed by atoms with van der Waals surface area (Å²) in [5.74, 6) is -1.62. The van der Waals surface area contributed by atoms with Crippen LogP contribution in [0.3, 0.4) is 0 Å². The summed E-state index contributed by atoms with van der Waals surface area (Å²) in [6, 6.07) is 0. The second kappa shape index (κ2) is 4.89. The zero-order valence-electron chi connectivity index (χ0n) is 6.65. The van der Waals surface area contributed by atoms with Gasteiger partial charge in [0.25, 0.3) is 10.1 Å². The summed E-state index contributed by atoms with van der Waals surface area (Å²) in [6.07, 6.45) is 1.34. The van der Waals surface area contributed by atoms with Gasteiger partial charge in [0.1, 0.15) is 6.61 Å². The van der Waals surface area contributed by atoms with Crippen LogP contribution in [0.4, 0.5) is 0 Å². The van der Waals surface area contributed by atoms with Gasteiger partial charge in [-0.15, -0.1) is 0 Å². The van der Waals surface area contributed by atoms with Crippen LogP contribution in [0.15, 0.2) is 12.7 Å². The minimum Gasteiger partial charge on any atom is -0.461 e. The van der Waals surface area contributed by atoms with Crippen LogP contribution < -0.4 is 0 Å². The Hall–Kier alpha value is -0.880. The quantitative estimate of drug-likeness (QED) is 0.341. The topological polar surface area (TPSA) is 69.7 Å². The smallest absolute Gasteiger partial charge is 0.323 e. The number of ether oxygens (including phenoxy) is 1. The number of hydrogen-bond acceptors (Lipinski definition) is 5. The average molecular weight is 194 g/mol. The van der Waals surface area contributed by atoms with Gasteiger partial charge in [-0.25, -0.2) is 0 Å². The molecule has 12 heavy (non-hydrogen) atoms. The van der Waals surface area contributed by atoms with Gasteiger partial charge in [0.2, 0.25) is 0 Å². The molecule has 0 radical (unpaired) electrons. The number of carbonyl (C=O) groups excluding carboxylic acids is 1. The fourth-order valence-corrected chi connectivity index (χ4v) is 0.887. The first-order valence-electron chi connectivity index (χ1n) is 3.06. The molecular weight excluding hydrogens is 184 g/mol. The molecule has 0 aromatic carbocycles. The van der Waals surface area contributed by atoms with E-state index in [4.69, 9.17) is 0 Å². The third-order valence-corrected chi connectivity index (χ3v) is 2.01. The number of carbonyl (C=O) groups is 1. The molecule has 0 saturated heterocycles. The van der Waals surface area contributed by atoms with E-state index >= 15 is 0 Å². The van der Waals surface area contributed by atoms with Crippen molar-refractivity contribution < 1.29 is 22.1 Å². The molecule has 0 saturated carbocycles. The number of esters is 1. The fourth-order valence-electron chi connectivity index (χ4n) is 0.397. The van der Waals surface area contributed by atoms with Crippen molar-refractivity contribution in [2.24, 2.45) is 0 Å². The van der Waals surface area contributed by atoms with Crippen LogP contribution >= 0.6 is 0 Å². The maximum absolute atomic E-state index is 10.6. The van der Waals surface area contributed by atoms with E-state index in [0.29, 0.717) is 0 Å². The Bertz CT molecular complexity index is 253. The lowest BCUT2D eigenvalue weighted by Crippen LogP contribution is -2.19. The van der Waals surface area contributed by atoms with E-state index in [1.807, 2.05) is 0 Å². The van der Waals surface area contributed by atoms with E-state index in [1.54, 1.807) is 0 Å². The Morgan fingerprint density at radius 2 is 2.17 bits per heavy atom. The van der Waals surface area contributed by atoms with E-state index in [9.17, 15) is 13.2 Å². The Morgan fingerprint density at radius 3 is 2.58 bits per heavy atom. The van der Waals surface area contributed by atoms with Crippen molar-refractivity contribution in [1.29, 1.82) is 0 Å². The van der Waals surface area contributed by atoms with Crippen LogP contribution in [0, 0.1) is 0 Å². The Morgan fingerprint density at radius 1 is 1.58 bits per heavy atom. The van der Waals surface area contributed by atoms with Crippen molar-refractivity contribution in [2.75, 3.05) is 19.5 Å². The normalized spacial score (nSPS) is 10.8. The summed E-state index contributed by atoms with van der Waals surface area (Å²) in [7, 11) is -2.78. The Labute approximate surface area is 71.1 Å². The molecule has 0 aromatic heterocycles. The van der Waals surface area contributed by atoms with Gasteiger partial charge in [-0.1, -0.05) is 12.7 Å². The van der Waals surface area contributed by atoms with Crippen LogP contribution in [0.1, 0.15) is 0 Å². The molecule has 0 atom stereocenters. The van der Waals surface area contributed by atoms with E-state index in [0.717, 1.165) is 7.11 Å². The predicted molar refractivity (Wildman–Crippen MR) is 42.0 cm³/mol. The largest absolute Gasteiger partial charge is 0.461 e. The summed E-state index contributed by atoms with van der Waals surface area (Å²) in [5.41, 5.74) is 0. The van der Waals surface area contributed by atoms with Gasteiger partial charge in [0.15, 0.2) is 5.75 Å². The van der Waals surface area contributed by atoms with Crippen LogP contribution in [0.25, 0.3) is 0 Å². The first-order chi connectivity index (χ1) is 5.52. The summed E-state index contributed by atoms with van der Waals surface area (Å²) in [4.78, 5) is 10.6. The average Bonchev–Trinajstić information content (AvgIpc) is 2.00. The highest BCUT2D eigenvalue weighted by molar-refractivity contribution is 7.87. The van der Waals surface area contributed by atoms with E-state index < -0.39 is 21.8 Å². The molecular formula is C6H10O5S. The molecule has 5 nitrogen and oxygen atoms in total. The van der Waals surface area contributed by atoms with E-state index in [-0.39, 0.29) is 6.61 Å². The fraction of sp³-hybridized carbons (Fsp3) is 0.500. The minimum absolute atomic E-state index is 0.00192. The molecule has 0 rings (SSSR count). The van der Waals surface area contributed by atoms with Crippen molar-refractivity contribution in [3.63, 3.8) is 0 Å². The maximum Gasteiger partial charge on any atom is 0.323 e. The Balaban J connectivity index is 3.93. The van der Waals surface area contributed by atoms with E-state index in [1.165, 1.54) is 6.08 Å². The predicted octanol–water partition coefficient (Wildman–Crippen LogP) is -0.308. The SMILES string of the molecule is C=CCOC(=O)CS(=O)(=O)OC. The second-order valence-corrected chi connectivity index (χ2v) is 3.58. The van der Waals surface area contributed by atoms with Crippen molar-refractivity contribution in [1.82, 2.24) is 0 Å². The second-order valence-electron chi connectivity index (χ2n) is 1.84. The lowest BCUT2D eigenvalue weighted by atomic mass is 10.7. The molecule has 0 aromatic rings. The summed E-state index contributed by atoms with van der Waals surface area (Å²) in [5, 5.41) is 0. The van der Waals surface area contributed by atoms with Gasteiger partial charge < -0.3 is 4.74 Å². The van der Waals surface area contributed by atoms with Crippen molar-refractivity contribution in [3.8, 4) is 0 Å². The van der Waals surface area contributed by atoms with Gasteiger partial charge in [-0.2, -0.15) is 8.42 Å². The van der Waals surface area contributed by atoms with Gasteiger partial charge in [-0.3, -0.25) is 8.98 Å². The molecule has 0 aliphatic heterocycles. The maximum atomic E-state index is 10.6. The van der Waals surface area contributed by atoms with Crippen LogP contribution in [0.5, 0.6) is 0 Å². The molecule has 0 aliphatic carbocycles. The lowest BCUT2D eigenvalue weighted by Gasteiger charge is -2.00. The standard InChI is InChI=1S/C6H10O5S/c1-3-4-11-6(7)5-12(8,9)10-2/h3H,1,4-5H2,2H3. The molecule has 0 fully saturated rings. The van der Waals surface area contributed by atoms with Crippen molar-refractivity contribution in [2.45, 2.75) is 0 Å². The van der Waals surface area contributed by atoms with Gasteiger partial charge in [-0.05, 0) is 0 Å². The molecule has 0 N–H and O–H groups in total. The molecule has 0 amide bonds. The molecule has 70 valence electrons. The van der Waals surface area contributed by atoms with Crippen LogP contribution in [-0.2, 0) is 23.8 Å². The number of hydrogen-bond donors (Lipinski definition) is 0. The van der Waals surface area contributed by atoms with Crippen LogP contribution in [-0.4, -0.2) is 33.9 Å². The Kier molecular flexibility index (Phi) is 4.53. The summed E-state index contributed by atoms with van der Waals surface area (Å²) in [6.45, 7) is 3.29. The minimum atomic E-state index is -3.76. The third kappa shape index (κ3) is 4.86. The van der Waals surface area contributed by atoms with Gasteiger partial charge in [0.05, 0.1) is 7.11 Å². The monoisotopic (exact) mass is 194 g/mol.